The Labute approximate surface area is 125 Å². The summed E-state index contributed by atoms with van der Waals surface area (Å²) in [6.45, 7) is 5.39. The van der Waals surface area contributed by atoms with E-state index in [-0.39, 0.29) is 17.9 Å². The van der Waals surface area contributed by atoms with Crippen LogP contribution in [0.3, 0.4) is 0 Å². The summed E-state index contributed by atoms with van der Waals surface area (Å²) in [6, 6.07) is 0.213. The first-order chi connectivity index (χ1) is 9.31. The molecule has 2 saturated heterocycles. The zero-order chi connectivity index (χ0) is 14.9. The molecule has 0 aliphatic carbocycles. The number of amides is 2. The van der Waals surface area contributed by atoms with E-state index < -0.39 is 4.75 Å². The predicted molar refractivity (Wildman–Crippen MR) is 81.8 cm³/mol. The molecule has 0 aromatic heterocycles. The minimum Gasteiger partial charge on any atom is -0.342 e. The van der Waals surface area contributed by atoms with Crippen LogP contribution < -0.4 is 5.32 Å². The molecule has 0 bridgehead atoms. The number of nitrogens with zero attached hydrogens (tertiary/aromatic N) is 2. The summed E-state index contributed by atoms with van der Waals surface area (Å²) in [4.78, 5) is 28.5. The molecule has 5 nitrogen and oxygen atoms in total. The molecule has 2 aliphatic rings. The maximum Gasteiger partial charge on any atom is 0.246 e. The van der Waals surface area contributed by atoms with Crippen molar-refractivity contribution < 1.29 is 9.59 Å². The van der Waals surface area contributed by atoms with Gasteiger partial charge in [-0.15, -0.1) is 11.8 Å². The van der Waals surface area contributed by atoms with E-state index in [0.717, 1.165) is 25.9 Å². The molecule has 2 aliphatic heterocycles. The van der Waals surface area contributed by atoms with Gasteiger partial charge in [0, 0.05) is 24.9 Å². The summed E-state index contributed by atoms with van der Waals surface area (Å²) in [5, 5.41) is 2.88. The van der Waals surface area contributed by atoms with Crippen LogP contribution in [0.4, 0.5) is 0 Å². The number of likely N-dealkylation sites (tertiary alicyclic amines) is 1. The van der Waals surface area contributed by atoms with Crippen LogP contribution in [-0.2, 0) is 9.59 Å². The van der Waals surface area contributed by atoms with E-state index in [2.05, 4.69) is 24.3 Å². The highest BCUT2D eigenvalue weighted by molar-refractivity contribution is 8.01. The van der Waals surface area contributed by atoms with Crippen molar-refractivity contribution >= 4 is 23.6 Å². The van der Waals surface area contributed by atoms with Crippen molar-refractivity contribution in [3.63, 3.8) is 0 Å². The molecule has 2 heterocycles. The highest BCUT2D eigenvalue weighted by Gasteiger charge is 2.39. The Morgan fingerprint density at radius 1 is 1.35 bits per heavy atom. The second-order valence-corrected chi connectivity index (χ2v) is 8.01. The smallest absolute Gasteiger partial charge is 0.246 e. The van der Waals surface area contributed by atoms with E-state index in [0.29, 0.717) is 11.8 Å². The number of nitrogens with one attached hydrogen (secondary N) is 1. The molecule has 0 aromatic carbocycles. The number of hydrogen-bond acceptors (Lipinski definition) is 4. The molecule has 0 saturated carbocycles. The molecule has 6 heteroatoms. The average Bonchev–Trinajstić information content (AvgIpc) is 2.41. The highest BCUT2D eigenvalue weighted by Crippen LogP contribution is 2.29. The van der Waals surface area contributed by atoms with Crippen molar-refractivity contribution in [1.29, 1.82) is 0 Å². The molecule has 1 N–H and O–H groups in total. The Morgan fingerprint density at radius 3 is 2.45 bits per heavy atom. The van der Waals surface area contributed by atoms with Crippen molar-refractivity contribution in [3.8, 4) is 0 Å². The van der Waals surface area contributed by atoms with E-state index in [1.165, 1.54) is 0 Å². The first kappa shape index (κ1) is 15.6. The number of piperidine rings is 1. The second kappa shape index (κ2) is 5.93. The molecule has 20 heavy (non-hydrogen) atoms. The first-order valence-electron chi connectivity index (χ1n) is 7.21. The van der Waals surface area contributed by atoms with E-state index >= 15 is 0 Å². The van der Waals surface area contributed by atoms with Crippen molar-refractivity contribution in [2.45, 2.75) is 43.5 Å². The molecule has 114 valence electrons. The fourth-order valence-corrected chi connectivity index (χ4v) is 3.69. The van der Waals surface area contributed by atoms with Crippen LogP contribution in [0.1, 0.15) is 26.7 Å². The van der Waals surface area contributed by atoms with Gasteiger partial charge in [-0.1, -0.05) is 0 Å². The summed E-state index contributed by atoms with van der Waals surface area (Å²) >= 11 is 1.57. The van der Waals surface area contributed by atoms with Gasteiger partial charge in [0.15, 0.2) is 0 Å². The van der Waals surface area contributed by atoms with Gasteiger partial charge >= 0.3 is 0 Å². The minimum absolute atomic E-state index is 0.0322. The zero-order valence-electron chi connectivity index (χ0n) is 12.8. The van der Waals surface area contributed by atoms with Crippen LogP contribution in [0.2, 0.25) is 0 Å². The zero-order valence-corrected chi connectivity index (χ0v) is 13.6. The van der Waals surface area contributed by atoms with Gasteiger partial charge in [-0.3, -0.25) is 9.59 Å². The first-order valence-corrected chi connectivity index (χ1v) is 8.20. The Balaban J connectivity index is 1.89. The van der Waals surface area contributed by atoms with Crippen LogP contribution in [0.5, 0.6) is 0 Å². The van der Waals surface area contributed by atoms with Gasteiger partial charge in [-0.2, -0.15) is 0 Å². The van der Waals surface area contributed by atoms with Crippen LogP contribution >= 0.6 is 11.8 Å². The van der Waals surface area contributed by atoms with Crippen molar-refractivity contribution in [2.24, 2.45) is 0 Å². The Bertz CT molecular complexity index is 390. The molecule has 0 radical (unpaired) electrons. The standard InChI is InChI=1S/C14H25N3O2S/c1-14(2)13(19)15-11(9-20-14)12(18)17-7-5-10(6-8-17)16(3)4/h10-11H,5-9H2,1-4H3,(H,15,19). The van der Waals surface area contributed by atoms with Gasteiger partial charge in [-0.05, 0) is 40.8 Å². The lowest BCUT2D eigenvalue weighted by Crippen LogP contribution is -2.59. The molecule has 0 spiro atoms. The quantitative estimate of drug-likeness (QED) is 0.809. The lowest BCUT2D eigenvalue weighted by molar-refractivity contribution is -0.137. The predicted octanol–water partition coefficient (Wildman–Crippen LogP) is 0.549. The van der Waals surface area contributed by atoms with E-state index in [1.54, 1.807) is 11.8 Å². The molecule has 0 aromatic rings. The van der Waals surface area contributed by atoms with E-state index in [9.17, 15) is 9.59 Å². The Kier molecular flexibility index (Phi) is 4.64. The lowest BCUT2D eigenvalue weighted by Gasteiger charge is -2.39. The maximum atomic E-state index is 12.5. The summed E-state index contributed by atoms with van der Waals surface area (Å²) < 4.78 is -0.422. The molecular formula is C14H25N3O2S. The average molecular weight is 299 g/mol. The Morgan fingerprint density at radius 2 is 1.95 bits per heavy atom. The van der Waals surface area contributed by atoms with E-state index in [4.69, 9.17) is 0 Å². The van der Waals surface area contributed by atoms with Gasteiger partial charge in [0.05, 0.1) is 4.75 Å². The van der Waals surface area contributed by atoms with Gasteiger partial charge in [0.1, 0.15) is 6.04 Å². The molecule has 1 unspecified atom stereocenters. The number of hydrogen-bond donors (Lipinski definition) is 1. The van der Waals surface area contributed by atoms with Crippen LogP contribution in [-0.4, -0.2) is 71.4 Å². The Hall–Kier alpha value is -0.750. The minimum atomic E-state index is -0.422. The third kappa shape index (κ3) is 3.28. The fourth-order valence-electron chi connectivity index (χ4n) is 2.69. The van der Waals surface area contributed by atoms with E-state index in [1.807, 2.05) is 18.7 Å². The second-order valence-electron chi connectivity index (χ2n) is 6.37. The van der Waals surface area contributed by atoms with Crippen molar-refractivity contribution in [2.75, 3.05) is 32.9 Å². The molecule has 2 fully saturated rings. The van der Waals surface area contributed by atoms with Gasteiger partial charge in [0.25, 0.3) is 0 Å². The molecule has 2 rings (SSSR count). The lowest BCUT2D eigenvalue weighted by atomic mass is 10.0. The summed E-state index contributed by atoms with van der Waals surface area (Å²) in [5.41, 5.74) is 0. The van der Waals surface area contributed by atoms with Gasteiger partial charge in [0.2, 0.25) is 11.8 Å². The monoisotopic (exact) mass is 299 g/mol. The van der Waals surface area contributed by atoms with Gasteiger partial charge < -0.3 is 15.1 Å². The third-order valence-electron chi connectivity index (χ3n) is 4.27. The number of rotatable bonds is 2. The fraction of sp³-hybridized carbons (Fsp3) is 0.857. The SMILES string of the molecule is CN(C)C1CCN(C(=O)C2CSC(C)(C)C(=O)N2)CC1. The van der Waals surface area contributed by atoms with Crippen LogP contribution in [0.15, 0.2) is 0 Å². The maximum absolute atomic E-state index is 12.5. The summed E-state index contributed by atoms with van der Waals surface area (Å²) in [5.74, 6) is 0.722. The third-order valence-corrected chi connectivity index (χ3v) is 5.67. The molecular weight excluding hydrogens is 274 g/mol. The molecule has 1 atom stereocenters. The topological polar surface area (TPSA) is 52.7 Å². The van der Waals surface area contributed by atoms with Crippen molar-refractivity contribution in [3.05, 3.63) is 0 Å². The van der Waals surface area contributed by atoms with Crippen LogP contribution in [0.25, 0.3) is 0 Å². The normalized spacial score (nSPS) is 27.6. The number of carbonyl (C=O) groups is 2. The summed E-state index contributed by atoms with van der Waals surface area (Å²) in [6.07, 6.45) is 2.02. The van der Waals surface area contributed by atoms with Crippen molar-refractivity contribution in [1.82, 2.24) is 15.1 Å². The molecule has 2 amide bonds. The largest absolute Gasteiger partial charge is 0.342 e. The number of thioether (sulfide) groups is 1. The number of carbonyl (C=O) groups excluding carboxylic acids is 2. The summed E-state index contributed by atoms with van der Waals surface area (Å²) in [7, 11) is 4.17. The van der Waals surface area contributed by atoms with Crippen LogP contribution in [0, 0.1) is 0 Å². The highest BCUT2D eigenvalue weighted by atomic mass is 32.2. The van der Waals surface area contributed by atoms with Gasteiger partial charge in [-0.25, -0.2) is 0 Å².